The molecule has 1 amide bonds. The van der Waals surface area contributed by atoms with E-state index in [0.717, 1.165) is 25.2 Å². The Morgan fingerprint density at radius 1 is 1.20 bits per heavy atom. The number of nitrogens with zero attached hydrogens (tertiary/aromatic N) is 1. The van der Waals surface area contributed by atoms with E-state index in [4.69, 9.17) is 4.74 Å². The van der Waals surface area contributed by atoms with Crippen molar-refractivity contribution in [3.05, 3.63) is 70.1 Å². The Hall–Kier alpha value is -2.44. The van der Waals surface area contributed by atoms with Crippen LogP contribution in [0.4, 0.5) is 0 Å². The lowest BCUT2D eigenvalue weighted by molar-refractivity contribution is -0.126. The van der Waals surface area contributed by atoms with Gasteiger partial charge in [-0.1, -0.05) is 36.4 Å². The third-order valence-corrected chi connectivity index (χ3v) is 4.22. The van der Waals surface area contributed by atoms with Gasteiger partial charge in [-0.3, -0.25) is 14.5 Å². The second-order valence-corrected chi connectivity index (χ2v) is 6.26. The van der Waals surface area contributed by atoms with Crippen molar-refractivity contribution in [1.82, 2.24) is 15.2 Å². The summed E-state index contributed by atoms with van der Waals surface area (Å²) in [5, 5.41) is 2.87. The molecular weight excluding hydrogens is 318 g/mol. The van der Waals surface area contributed by atoms with Gasteiger partial charge in [-0.2, -0.15) is 0 Å². The van der Waals surface area contributed by atoms with Crippen LogP contribution in [-0.2, 0) is 22.6 Å². The topological polar surface area (TPSA) is 74.4 Å². The number of morpholine rings is 1. The molecule has 2 heterocycles. The maximum absolute atomic E-state index is 12.1. The number of benzene rings is 1. The van der Waals surface area contributed by atoms with E-state index in [1.807, 2.05) is 18.2 Å². The summed E-state index contributed by atoms with van der Waals surface area (Å²) in [6.45, 7) is 3.55. The quantitative estimate of drug-likeness (QED) is 0.830. The molecule has 1 aromatic heterocycles. The van der Waals surface area contributed by atoms with Crippen molar-refractivity contribution < 1.29 is 9.53 Å². The number of H-pyrrole nitrogens is 1. The van der Waals surface area contributed by atoms with Crippen LogP contribution in [0.3, 0.4) is 0 Å². The Morgan fingerprint density at radius 2 is 2.04 bits per heavy atom. The minimum Gasteiger partial charge on any atom is -0.375 e. The van der Waals surface area contributed by atoms with Gasteiger partial charge in [0.1, 0.15) is 0 Å². The van der Waals surface area contributed by atoms with Gasteiger partial charge in [0.2, 0.25) is 11.5 Å². The average Bonchev–Trinajstić information content (AvgIpc) is 2.62. The molecule has 25 heavy (non-hydrogen) atoms. The van der Waals surface area contributed by atoms with Crippen molar-refractivity contribution in [3.63, 3.8) is 0 Å². The highest BCUT2D eigenvalue weighted by Crippen LogP contribution is 2.12. The molecule has 1 atom stereocenters. The van der Waals surface area contributed by atoms with E-state index in [1.54, 1.807) is 12.3 Å². The third kappa shape index (κ3) is 5.55. The third-order valence-electron chi connectivity index (χ3n) is 4.22. The summed E-state index contributed by atoms with van der Waals surface area (Å²) in [5.41, 5.74) is 1.98. The van der Waals surface area contributed by atoms with Crippen molar-refractivity contribution in [1.29, 1.82) is 0 Å². The van der Waals surface area contributed by atoms with Crippen molar-refractivity contribution >= 4 is 5.91 Å². The maximum atomic E-state index is 12.1. The number of pyridine rings is 1. The minimum atomic E-state index is -0.149. The molecule has 2 aromatic rings. The zero-order chi connectivity index (χ0) is 17.5. The number of ether oxygens (including phenoxy) is 1. The molecule has 1 aromatic carbocycles. The zero-order valence-electron chi connectivity index (χ0n) is 14.1. The number of hydrogen-bond donors (Lipinski definition) is 2. The fraction of sp³-hybridized carbons (Fsp3) is 0.368. The van der Waals surface area contributed by atoms with Crippen molar-refractivity contribution in [2.45, 2.75) is 25.6 Å². The van der Waals surface area contributed by atoms with E-state index in [0.29, 0.717) is 19.6 Å². The smallest absolute Gasteiger partial charge is 0.247 e. The number of carbonyl (C=O) groups excluding carboxylic acids is 1. The highest BCUT2D eigenvalue weighted by atomic mass is 16.5. The lowest BCUT2D eigenvalue weighted by Gasteiger charge is -2.32. The summed E-state index contributed by atoms with van der Waals surface area (Å²) in [5.74, 6) is -0.0437. The van der Waals surface area contributed by atoms with E-state index < -0.39 is 0 Å². The molecule has 0 aliphatic carbocycles. The van der Waals surface area contributed by atoms with Gasteiger partial charge in [-0.25, -0.2) is 0 Å². The average molecular weight is 341 g/mol. The molecule has 132 valence electrons. The summed E-state index contributed by atoms with van der Waals surface area (Å²) in [6.07, 6.45) is 1.86. The first-order valence-corrected chi connectivity index (χ1v) is 8.51. The Bertz CT molecular complexity index is 725. The lowest BCUT2D eigenvalue weighted by atomic mass is 10.1. The van der Waals surface area contributed by atoms with Gasteiger partial charge in [-0.15, -0.1) is 0 Å². The van der Waals surface area contributed by atoms with Crippen LogP contribution in [0.1, 0.15) is 17.5 Å². The molecule has 6 heteroatoms. The summed E-state index contributed by atoms with van der Waals surface area (Å²) < 4.78 is 5.73. The Balaban J connectivity index is 1.44. The molecule has 1 saturated heterocycles. The first-order chi connectivity index (χ1) is 12.2. The summed E-state index contributed by atoms with van der Waals surface area (Å²) in [4.78, 5) is 28.1. The van der Waals surface area contributed by atoms with Crippen LogP contribution in [-0.4, -0.2) is 41.6 Å². The van der Waals surface area contributed by atoms with E-state index in [2.05, 4.69) is 27.3 Å². The Kier molecular flexibility index (Phi) is 5.98. The van der Waals surface area contributed by atoms with Crippen LogP contribution < -0.4 is 10.9 Å². The standard InChI is InChI=1S/C19H23N3O3/c23-18-7-6-16(11-20-18)12-21-19(24)10-17-14-22(8-9-25-17)13-15-4-2-1-3-5-15/h1-7,11,17H,8-10,12-14H2,(H,20,23)(H,21,24)/t17-/m1/s1. The van der Waals surface area contributed by atoms with Crippen molar-refractivity contribution in [2.24, 2.45) is 0 Å². The van der Waals surface area contributed by atoms with Crippen LogP contribution >= 0.6 is 0 Å². The molecular formula is C19H23N3O3. The van der Waals surface area contributed by atoms with E-state index in [-0.39, 0.29) is 17.6 Å². The number of carbonyl (C=O) groups is 1. The molecule has 0 radical (unpaired) electrons. The Morgan fingerprint density at radius 3 is 2.80 bits per heavy atom. The van der Waals surface area contributed by atoms with Crippen molar-refractivity contribution in [3.8, 4) is 0 Å². The predicted octanol–water partition coefficient (Wildman–Crippen LogP) is 1.28. The van der Waals surface area contributed by atoms with E-state index in [9.17, 15) is 9.59 Å². The molecule has 1 fully saturated rings. The van der Waals surface area contributed by atoms with E-state index in [1.165, 1.54) is 11.6 Å². The Labute approximate surface area is 146 Å². The first-order valence-electron chi connectivity index (χ1n) is 8.51. The SMILES string of the molecule is O=C(C[C@@H]1CN(Cc2ccccc2)CCO1)NCc1ccc(=O)[nH]c1. The highest BCUT2D eigenvalue weighted by Gasteiger charge is 2.22. The van der Waals surface area contributed by atoms with E-state index >= 15 is 0 Å². The maximum Gasteiger partial charge on any atom is 0.247 e. The van der Waals surface area contributed by atoms with Crippen LogP contribution in [0.5, 0.6) is 0 Å². The molecule has 2 N–H and O–H groups in total. The molecule has 0 spiro atoms. The summed E-state index contributed by atoms with van der Waals surface area (Å²) >= 11 is 0. The summed E-state index contributed by atoms with van der Waals surface area (Å²) in [7, 11) is 0. The number of amides is 1. The molecule has 0 saturated carbocycles. The zero-order valence-corrected chi connectivity index (χ0v) is 14.1. The number of hydrogen-bond acceptors (Lipinski definition) is 4. The molecule has 6 nitrogen and oxygen atoms in total. The lowest BCUT2D eigenvalue weighted by Crippen LogP contribution is -2.44. The second-order valence-electron chi connectivity index (χ2n) is 6.26. The van der Waals surface area contributed by atoms with Gasteiger partial charge in [0.15, 0.2) is 0 Å². The summed E-state index contributed by atoms with van der Waals surface area (Å²) in [6, 6.07) is 13.5. The van der Waals surface area contributed by atoms with Crippen LogP contribution in [0, 0.1) is 0 Å². The minimum absolute atomic E-state index is 0.0437. The fourth-order valence-corrected chi connectivity index (χ4v) is 2.92. The normalized spacial score (nSPS) is 18.0. The number of rotatable bonds is 6. The van der Waals surface area contributed by atoms with Gasteiger partial charge in [0.25, 0.3) is 0 Å². The van der Waals surface area contributed by atoms with Gasteiger partial charge >= 0.3 is 0 Å². The molecule has 1 aliphatic rings. The van der Waals surface area contributed by atoms with Gasteiger partial charge in [0.05, 0.1) is 19.1 Å². The van der Waals surface area contributed by atoms with Crippen LogP contribution in [0.2, 0.25) is 0 Å². The number of aromatic nitrogens is 1. The largest absolute Gasteiger partial charge is 0.375 e. The molecule has 3 rings (SSSR count). The van der Waals surface area contributed by atoms with Gasteiger partial charge < -0.3 is 15.0 Å². The van der Waals surface area contributed by atoms with Crippen LogP contribution in [0.25, 0.3) is 0 Å². The van der Waals surface area contributed by atoms with Gasteiger partial charge in [0, 0.05) is 38.4 Å². The second kappa shape index (κ2) is 8.60. The van der Waals surface area contributed by atoms with Crippen LogP contribution in [0.15, 0.2) is 53.5 Å². The predicted molar refractivity (Wildman–Crippen MR) is 95.0 cm³/mol. The van der Waals surface area contributed by atoms with Gasteiger partial charge in [-0.05, 0) is 11.1 Å². The fourth-order valence-electron chi connectivity index (χ4n) is 2.92. The highest BCUT2D eigenvalue weighted by molar-refractivity contribution is 5.76. The van der Waals surface area contributed by atoms with Crippen molar-refractivity contribution in [2.75, 3.05) is 19.7 Å². The monoisotopic (exact) mass is 341 g/mol. The molecule has 0 unspecified atom stereocenters. The number of aromatic amines is 1. The first kappa shape index (κ1) is 17.4. The number of nitrogens with one attached hydrogen (secondary N) is 2. The molecule has 1 aliphatic heterocycles. The molecule has 0 bridgehead atoms.